The first-order chi connectivity index (χ1) is 14.0. The summed E-state index contributed by atoms with van der Waals surface area (Å²) in [7, 11) is 1.80. The van der Waals surface area contributed by atoms with Crippen LogP contribution < -0.4 is 15.8 Å². The van der Waals surface area contributed by atoms with Crippen molar-refractivity contribution in [2.75, 3.05) is 6.54 Å². The summed E-state index contributed by atoms with van der Waals surface area (Å²) in [6, 6.07) is 16.7. The number of benzene rings is 2. The lowest BCUT2D eigenvalue weighted by Gasteiger charge is -2.14. The van der Waals surface area contributed by atoms with E-state index < -0.39 is 11.8 Å². The third kappa shape index (κ3) is 5.93. The molecule has 1 heterocycles. The number of nitrogens with zero attached hydrogens (tertiary/aromatic N) is 2. The minimum absolute atomic E-state index is 0.169. The highest BCUT2D eigenvalue weighted by molar-refractivity contribution is 5.94. The van der Waals surface area contributed by atoms with Gasteiger partial charge in [0.1, 0.15) is 12.4 Å². The van der Waals surface area contributed by atoms with Crippen molar-refractivity contribution >= 4 is 11.8 Å². The molecule has 7 nitrogen and oxygen atoms in total. The molecule has 3 aromatic rings. The van der Waals surface area contributed by atoms with E-state index >= 15 is 0 Å². The standard InChI is InChI=1S/C22H24N4O3/c1-26-14-17(12-25-26)11-19(21(23)27)13-24-22(28)18-9-7-16(8-10-18)15-29-20-5-3-2-4-6-20/h2-10,12,14,19H,11,13,15H2,1H3,(H2,23,27)(H,24,28). The molecule has 0 aliphatic rings. The van der Waals surface area contributed by atoms with E-state index in [1.54, 1.807) is 30.1 Å². The lowest BCUT2D eigenvalue weighted by molar-refractivity contribution is -0.121. The van der Waals surface area contributed by atoms with Gasteiger partial charge in [0, 0.05) is 25.4 Å². The first kappa shape index (κ1) is 20.1. The number of para-hydroxylation sites is 1. The second-order valence-electron chi connectivity index (χ2n) is 6.83. The van der Waals surface area contributed by atoms with Crippen LogP contribution in [-0.4, -0.2) is 28.1 Å². The SMILES string of the molecule is Cn1cc(CC(CNC(=O)c2ccc(COc3ccccc3)cc2)C(N)=O)cn1. The molecule has 0 spiro atoms. The summed E-state index contributed by atoms with van der Waals surface area (Å²) in [5.41, 5.74) is 7.85. The predicted molar refractivity (Wildman–Crippen MR) is 109 cm³/mol. The molecule has 0 fully saturated rings. The van der Waals surface area contributed by atoms with Crippen molar-refractivity contribution in [1.82, 2.24) is 15.1 Å². The van der Waals surface area contributed by atoms with Gasteiger partial charge in [-0.2, -0.15) is 5.10 Å². The molecule has 2 amide bonds. The molecule has 0 radical (unpaired) electrons. The van der Waals surface area contributed by atoms with Gasteiger partial charge in [-0.05, 0) is 41.8 Å². The third-order valence-corrected chi connectivity index (χ3v) is 4.52. The molecule has 0 saturated heterocycles. The van der Waals surface area contributed by atoms with E-state index in [1.807, 2.05) is 48.7 Å². The predicted octanol–water partition coefficient (Wildman–Crippen LogP) is 2.07. The molecule has 2 aromatic carbocycles. The molecule has 29 heavy (non-hydrogen) atoms. The molecule has 1 aromatic heterocycles. The maximum Gasteiger partial charge on any atom is 0.251 e. The van der Waals surface area contributed by atoms with Gasteiger partial charge in [-0.25, -0.2) is 0 Å². The number of nitrogens with one attached hydrogen (secondary N) is 1. The highest BCUT2D eigenvalue weighted by Crippen LogP contribution is 2.13. The summed E-state index contributed by atoms with van der Waals surface area (Å²) < 4.78 is 7.36. The van der Waals surface area contributed by atoms with E-state index in [-0.39, 0.29) is 12.5 Å². The van der Waals surface area contributed by atoms with Gasteiger partial charge in [-0.15, -0.1) is 0 Å². The molecule has 3 N–H and O–H groups in total. The minimum atomic E-state index is -0.498. The van der Waals surface area contributed by atoms with Crippen molar-refractivity contribution < 1.29 is 14.3 Å². The van der Waals surface area contributed by atoms with Crippen LogP contribution in [0.5, 0.6) is 5.75 Å². The highest BCUT2D eigenvalue weighted by Gasteiger charge is 2.18. The Balaban J connectivity index is 1.52. The van der Waals surface area contributed by atoms with E-state index in [0.717, 1.165) is 16.9 Å². The van der Waals surface area contributed by atoms with Gasteiger partial charge in [-0.3, -0.25) is 14.3 Å². The number of nitrogens with two attached hydrogens (primary N) is 1. The lowest BCUT2D eigenvalue weighted by Crippen LogP contribution is -2.37. The smallest absolute Gasteiger partial charge is 0.251 e. The molecule has 0 saturated carbocycles. The van der Waals surface area contributed by atoms with Gasteiger partial charge < -0.3 is 15.8 Å². The van der Waals surface area contributed by atoms with Crippen molar-refractivity contribution in [3.05, 3.63) is 83.7 Å². The number of carbonyl (C=O) groups is 2. The lowest BCUT2D eigenvalue weighted by atomic mass is 10.0. The molecule has 7 heteroatoms. The molecular formula is C22H24N4O3. The van der Waals surface area contributed by atoms with Crippen LogP contribution in [0.25, 0.3) is 0 Å². The summed E-state index contributed by atoms with van der Waals surface area (Å²) >= 11 is 0. The van der Waals surface area contributed by atoms with E-state index in [2.05, 4.69) is 10.4 Å². The average molecular weight is 392 g/mol. The molecular weight excluding hydrogens is 368 g/mol. The van der Waals surface area contributed by atoms with E-state index in [4.69, 9.17) is 10.5 Å². The van der Waals surface area contributed by atoms with E-state index in [9.17, 15) is 9.59 Å². The molecule has 0 aliphatic carbocycles. The molecule has 1 unspecified atom stereocenters. The Kier molecular flexibility index (Phi) is 6.63. The van der Waals surface area contributed by atoms with Crippen LogP contribution >= 0.6 is 0 Å². The number of aromatic nitrogens is 2. The highest BCUT2D eigenvalue weighted by atomic mass is 16.5. The number of hydrogen-bond donors (Lipinski definition) is 2. The van der Waals surface area contributed by atoms with E-state index in [0.29, 0.717) is 18.6 Å². The summed E-state index contributed by atoms with van der Waals surface area (Å²) in [6.45, 7) is 0.586. The Morgan fingerprint density at radius 3 is 2.45 bits per heavy atom. The van der Waals surface area contributed by atoms with Crippen molar-refractivity contribution in [2.45, 2.75) is 13.0 Å². The fraction of sp³-hybridized carbons (Fsp3) is 0.227. The molecule has 1 atom stereocenters. The number of rotatable bonds is 9. The zero-order chi connectivity index (χ0) is 20.6. The maximum atomic E-state index is 12.4. The quantitative estimate of drug-likeness (QED) is 0.582. The minimum Gasteiger partial charge on any atom is -0.489 e. The van der Waals surface area contributed by atoms with Crippen LogP contribution in [0.1, 0.15) is 21.5 Å². The number of ether oxygens (including phenoxy) is 1. The first-order valence-electron chi connectivity index (χ1n) is 9.33. The summed E-state index contributed by atoms with van der Waals surface area (Å²) in [5, 5.41) is 6.87. The first-order valence-corrected chi connectivity index (χ1v) is 9.33. The van der Waals surface area contributed by atoms with Crippen LogP contribution in [0, 0.1) is 5.92 Å². The zero-order valence-corrected chi connectivity index (χ0v) is 16.2. The van der Waals surface area contributed by atoms with Gasteiger partial charge in [-0.1, -0.05) is 30.3 Å². The Morgan fingerprint density at radius 2 is 1.83 bits per heavy atom. The molecule has 150 valence electrons. The number of hydrogen-bond acceptors (Lipinski definition) is 4. The normalized spacial score (nSPS) is 11.6. The van der Waals surface area contributed by atoms with Crippen molar-refractivity contribution in [2.24, 2.45) is 18.7 Å². The van der Waals surface area contributed by atoms with Gasteiger partial charge in [0.2, 0.25) is 5.91 Å². The number of carbonyl (C=O) groups excluding carboxylic acids is 2. The summed E-state index contributed by atoms with van der Waals surface area (Å²) in [5.74, 6) is -0.414. The third-order valence-electron chi connectivity index (χ3n) is 4.52. The Labute approximate surface area is 169 Å². The monoisotopic (exact) mass is 392 g/mol. The second kappa shape index (κ2) is 9.54. The fourth-order valence-electron chi connectivity index (χ4n) is 2.89. The number of aryl methyl sites for hydroxylation is 1. The number of primary amides is 1. The molecule has 3 rings (SSSR count). The van der Waals surface area contributed by atoms with Crippen LogP contribution in [0.4, 0.5) is 0 Å². The van der Waals surface area contributed by atoms with Gasteiger partial charge in [0.05, 0.1) is 12.1 Å². The van der Waals surface area contributed by atoms with Gasteiger partial charge in [0.25, 0.3) is 5.91 Å². The van der Waals surface area contributed by atoms with Crippen LogP contribution in [-0.2, 0) is 24.9 Å². The number of amides is 2. The Morgan fingerprint density at radius 1 is 1.10 bits per heavy atom. The van der Waals surface area contributed by atoms with Crippen molar-refractivity contribution in [3.63, 3.8) is 0 Å². The Bertz CT molecular complexity index is 952. The van der Waals surface area contributed by atoms with Crippen LogP contribution in [0.2, 0.25) is 0 Å². The molecule has 0 bridgehead atoms. The summed E-state index contributed by atoms with van der Waals surface area (Å²) in [4.78, 5) is 24.1. The van der Waals surface area contributed by atoms with E-state index in [1.165, 1.54) is 0 Å². The van der Waals surface area contributed by atoms with Gasteiger partial charge in [0.15, 0.2) is 0 Å². The summed E-state index contributed by atoms with van der Waals surface area (Å²) in [6.07, 6.45) is 3.95. The largest absolute Gasteiger partial charge is 0.489 e. The second-order valence-corrected chi connectivity index (χ2v) is 6.83. The maximum absolute atomic E-state index is 12.4. The topological polar surface area (TPSA) is 99.2 Å². The van der Waals surface area contributed by atoms with Gasteiger partial charge >= 0.3 is 0 Å². The Hall–Kier alpha value is -3.61. The fourth-order valence-corrected chi connectivity index (χ4v) is 2.89. The van der Waals surface area contributed by atoms with Crippen LogP contribution in [0.15, 0.2) is 67.0 Å². The van der Waals surface area contributed by atoms with Crippen LogP contribution in [0.3, 0.4) is 0 Å². The zero-order valence-electron chi connectivity index (χ0n) is 16.2. The average Bonchev–Trinajstić information content (AvgIpc) is 3.15. The van der Waals surface area contributed by atoms with Crippen molar-refractivity contribution in [1.29, 1.82) is 0 Å². The van der Waals surface area contributed by atoms with Crippen molar-refractivity contribution in [3.8, 4) is 5.75 Å². The molecule has 0 aliphatic heterocycles.